The van der Waals surface area contributed by atoms with Crippen LogP contribution in [-0.4, -0.2) is 26.9 Å². The molecule has 1 aromatic carbocycles. The van der Waals surface area contributed by atoms with E-state index in [4.69, 9.17) is 0 Å². The van der Waals surface area contributed by atoms with Crippen molar-refractivity contribution in [2.24, 2.45) is 0 Å². The van der Waals surface area contributed by atoms with Crippen LogP contribution in [-0.2, 0) is 4.79 Å². The van der Waals surface area contributed by atoms with Crippen LogP contribution >= 0.6 is 11.8 Å². The number of carbonyl (C=O) groups is 1. The first kappa shape index (κ1) is 15.0. The van der Waals surface area contributed by atoms with E-state index in [0.717, 1.165) is 11.1 Å². The van der Waals surface area contributed by atoms with Crippen LogP contribution in [0.5, 0.6) is 0 Å². The second-order valence-electron chi connectivity index (χ2n) is 4.30. The van der Waals surface area contributed by atoms with Crippen LogP contribution < -0.4 is 5.32 Å². The summed E-state index contributed by atoms with van der Waals surface area (Å²) in [6, 6.07) is 6.79. The lowest BCUT2D eigenvalue weighted by atomic mass is 10.2. The first-order valence-electron chi connectivity index (χ1n) is 6.15. The van der Waals surface area contributed by atoms with Crippen LogP contribution in [0.2, 0.25) is 0 Å². The molecule has 0 aliphatic rings. The normalized spacial score (nSPS) is 11.9. The highest BCUT2D eigenvalue weighted by atomic mass is 32.2. The Labute approximate surface area is 125 Å². The molecule has 1 unspecified atom stereocenters. The maximum atomic E-state index is 12.2. The Morgan fingerprint density at radius 2 is 2.19 bits per heavy atom. The summed E-state index contributed by atoms with van der Waals surface area (Å²) in [5.41, 5.74) is 0.572. The fourth-order valence-electron chi connectivity index (χ4n) is 1.74. The maximum absolute atomic E-state index is 12.2. The third-order valence-electron chi connectivity index (χ3n) is 2.94. The zero-order valence-electron chi connectivity index (χ0n) is 11.5. The molecule has 0 spiro atoms. The Bertz CT molecular complexity index is 671. The minimum absolute atomic E-state index is 0.140. The second-order valence-corrected chi connectivity index (χ2v) is 5.15. The van der Waals surface area contributed by atoms with Crippen LogP contribution in [0, 0.1) is 10.1 Å². The van der Waals surface area contributed by atoms with E-state index in [1.54, 1.807) is 6.92 Å². The third kappa shape index (κ3) is 3.40. The molecule has 8 heteroatoms. The van der Waals surface area contributed by atoms with Gasteiger partial charge in [0.15, 0.2) is 0 Å². The van der Waals surface area contributed by atoms with Gasteiger partial charge in [-0.2, -0.15) is 5.10 Å². The highest BCUT2D eigenvalue weighted by Crippen LogP contribution is 2.25. The molecule has 1 atom stereocenters. The van der Waals surface area contributed by atoms with Gasteiger partial charge in [0.25, 0.3) is 0 Å². The molecule has 0 saturated carbocycles. The van der Waals surface area contributed by atoms with Crippen molar-refractivity contribution in [1.82, 2.24) is 9.78 Å². The van der Waals surface area contributed by atoms with Crippen molar-refractivity contribution in [2.45, 2.75) is 17.9 Å². The van der Waals surface area contributed by atoms with E-state index in [-0.39, 0.29) is 11.6 Å². The van der Waals surface area contributed by atoms with Gasteiger partial charge in [-0.15, -0.1) is 11.8 Å². The van der Waals surface area contributed by atoms with Gasteiger partial charge in [-0.1, -0.05) is 12.1 Å². The fraction of sp³-hybridized carbons (Fsp3) is 0.231. The number of hydrogen-bond acceptors (Lipinski definition) is 5. The van der Waals surface area contributed by atoms with Gasteiger partial charge in [0.2, 0.25) is 5.91 Å². The number of thioether (sulfide) groups is 1. The molecule has 7 nitrogen and oxygen atoms in total. The average molecular weight is 306 g/mol. The predicted octanol–water partition coefficient (Wildman–Crippen LogP) is 2.71. The fourth-order valence-corrected chi connectivity index (χ4v) is 2.29. The number of nitrogens with one attached hydrogen (secondary N) is 1. The summed E-state index contributed by atoms with van der Waals surface area (Å²) in [4.78, 5) is 23.2. The van der Waals surface area contributed by atoms with E-state index < -0.39 is 11.0 Å². The van der Waals surface area contributed by atoms with Crippen molar-refractivity contribution in [1.29, 1.82) is 0 Å². The largest absolute Gasteiger partial charge is 0.323 e. The number of nitrogens with zero attached hydrogens (tertiary/aromatic N) is 3. The third-order valence-corrected chi connectivity index (χ3v) is 3.74. The number of anilines is 1. The molecule has 0 aliphatic heterocycles. The van der Waals surface area contributed by atoms with E-state index in [2.05, 4.69) is 10.4 Å². The van der Waals surface area contributed by atoms with Gasteiger partial charge in [-0.05, 0) is 25.3 Å². The van der Waals surface area contributed by atoms with Crippen molar-refractivity contribution in [3.63, 3.8) is 0 Å². The Balaban J connectivity index is 2.13. The molecule has 1 amide bonds. The highest BCUT2D eigenvalue weighted by Gasteiger charge is 2.19. The van der Waals surface area contributed by atoms with E-state index in [0.29, 0.717) is 5.69 Å². The number of benzene rings is 1. The summed E-state index contributed by atoms with van der Waals surface area (Å²) in [7, 11) is 0. The first-order valence-corrected chi connectivity index (χ1v) is 7.38. The average Bonchev–Trinajstić information content (AvgIpc) is 2.97. The highest BCUT2D eigenvalue weighted by molar-refractivity contribution is 7.98. The van der Waals surface area contributed by atoms with Crippen molar-refractivity contribution in [3.8, 4) is 0 Å². The zero-order chi connectivity index (χ0) is 15.4. The number of nitro groups is 1. The maximum Gasteiger partial charge on any atom is 0.307 e. The number of carbonyl (C=O) groups excluding carboxylic acids is 1. The standard InChI is InChI=1S/C13H14N4O3S/c1-9(16-8-10(7-14-16)17(19)20)13(18)15-11-5-3-4-6-12(11)21-2/h3-9H,1-2H3,(H,15,18). The second kappa shape index (κ2) is 6.40. The topological polar surface area (TPSA) is 90.1 Å². The molecular weight excluding hydrogens is 292 g/mol. The number of rotatable bonds is 5. The minimum atomic E-state index is -0.645. The molecule has 1 N–H and O–H groups in total. The molecule has 21 heavy (non-hydrogen) atoms. The molecule has 0 aliphatic carbocycles. The Morgan fingerprint density at radius 1 is 1.48 bits per heavy atom. The van der Waals surface area contributed by atoms with Crippen LogP contribution in [0.1, 0.15) is 13.0 Å². The number of hydrogen-bond donors (Lipinski definition) is 1. The lowest BCUT2D eigenvalue weighted by Crippen LogP contribution is -2.24. The van der Waals surface area contributed by atoms with Crippen LogP contribution in [0.3, 0.4) is 0 Å². The molecule has 2 aromatic rings. The van der Waals surface area contributed by atoms with Gasteiger partial charge >= 0.3 is 5.69 Å². The van der Waals surface area contributed by atoms with Crippen molar-refractivity contribution >= 4 is 29.0 Å². The Hall–Kier alpha value is -2.35. The van der Waals surface area contributed by atoms with Gasteiger partial charge < -0.3 is 5.32 Å². The monoisotopic (exact) mass is 306 g/mol. The molecular formula is C13H14N4O3S. The molecule has 2 rings (SSSR count). The minimum Gasteiger partial charge on any atom is -0.323 e. The van der Waals surface area contributed by atoms with E-state index in [9.17, 15) is 14.9 Å². The molecule has 110 valence electrons. The number of aromatic nitrogens is 2. The van der Waals surface area contributed by atoms with Gasteiger partial charge in [0.1, 0.15) is 18.4 Å². The van der Waals surface area contributed by atoms with E-state index >= 15 is 0 Å². The lowest BCUT2D eigenvalue weighted by molar-refractivity contribution is -0.385. The van der Waals surface area contributed by atoms with Crippen LogP contribution in [0.25, 0.3) is 0 Å². The van der Waals surface area contributed by atoms with Gasteiger partial charge in [-0.3, -0.25) is 19.6 Å². The first-order chi connectivity index (χ1) is 10.0. The summed E-state index contributed by atoms with van der Waals surface area (Å²) in [6.45, 7) is 1.63. The molecule has 0 saturated heterocycles. The summed E-state index contributed by atoms with van der Waals surface area (Å²) in [5, 5.41) is 17.3. The van der Waals surface area contributed by atoms with Gasteiger partial charge in [0, 0.05) is 4.90 Å². The number of amides is 1. The van der Waals surface area contributed by atoms with E-state index in [1.165, 1.54) is 22.6 Å². The lowest BCUT2D eigenvalue weighted by Gasteiger charge is -2.14. The Kier molecular flexibility index (Phi) is 4.59. The molecule has 0 radical (unpaired) electrons. The van der Waals surface area contributed by atoms with Crippen molar-refractivity contribution in [2.75, 3.05) is 11.6 Å². The van der Waals surface area contributed by atoms with E-state index in [1.807, 2.05) is 30.5 Å². The smallest absolute Gasteiger partial charge is 0.307 e. The molecule has 1 aromatic heterocycles. The molecule has 1 heterocycles. The van der Waals surface area contributed by atoms with Gasteiger partial charge in [0.05, 0.1) is 10.6 Å². The quantitative estimate of drug-likeness (QED) is 0.521. The van der Waals surface area contributed by atoms with Crippen molar-refractivity contribution < 1.29 is 9.72 Å². The van der Waals surface area contributed by atoms with Gasteiger partial charge in [-0.25, -0.2) is 0 Å². The summed E-state index contributed by atoms with van der Waals surface area (Å²) < 4.78 is 1.27. The van der Waals surface area contributed by atoms with Crippen LogP contribution in [0.4, 0.5) is 11.4 Å². The Morgan fingerprint density at radius 3 is 2.81 bits per heavy atom. The summed E-state index contributed by atoms with van der Waals surface area (Å²) in [5.74, 6) is -0.283. The molecule has 0 fully saturated rings. The summed E-state index contributed by atoms with van der Waals surface area (Å²) >= 11 is 1.53. The predicted molar refractivity (Wildman–Crippen MR) is 80.4 cm³/mol. The molecule has 0 bridgehead atoms. The zero-order valence-corrected chi connectivity index (χ0v) is 12.3. The van der Waals surface area contributed by atoms with Crippen LogP contribution in [0.15, 0.2) is 41.6 Å². The summed E-state index contributed by atoms with van der Waals surface area (Å²) in [6.07, 6.45) is 4.29. The SMILES string of the molecule is CSc1ccccc1NC(=O)C(C)n1cc([N+](=O)[O-])cn1. The van der Waals surface area contributed by atoms with Crippen molar-refractivity contribution in [3.05, 3.63) is 46.8 Å². The number of para-hydroxylation sites is 1.